The van der Waals surface area contributed by atoms with Gasteiger partial charge in [0.05, 0.1) is 18.1 Å². The van der Waals surface area contributed by atoms with Crippen molar-refractivity contribution >= 4 is 0 Å². The molecule has 2 aromatic carbocycles. The third-order valence-corrected chi connectivity index (χ3v) is 4.08. The van der Waals surface area contributed by atoms with Gasteiger partial charge in [0.15, 0.2) is 0 Å². The van der Waals surface area contributed by atoms with Crippen LogP contribution in [-0.2, 0) is 5.41 Å². The zero-order valence-corrected chi connectivity index (χ0v) is 13.4. The molecular weight excluding hydrogens is 270 g/mol. The lowest BCUT2D eigenvalue weighted by molar-refractivity contribution is 0.299. The summed E-state index contributed by atoms with van der Waals surface area (Å²) in [6.45, 7) is 4.77. The van der Waals surface area contributed by atoms with Gasteiger partial charge < -0.3 is 4.74 Å². The van der Waals surface area contributed by atoms with E-state index in [4.69, 9.17) is 4.74 Å². The molecule has 0 aliphatic rings. The van der Waals surface area contributed by atoms with Crippen molar-refractivity contribution in [3.63, 3.8) is 0 Å². The van der Waals surface area contributed by atoms with E-state index in [0.717, 1.165) is 36.1 Å². The number of hydrogen-bond donors (Lipinski definition) is 0. The highest BCUT2D eigenvalue weighted by atomic mass is 16.5. The Labute approximate surface area is 133 Å². The predicted octanol–water partition coefficient (Wildman–Crippen LogP) is 5.03. The minimum absolute atomic E-state index is 0.413. The maximum absolute atomic E-state index is 9.53. The summed E-state index contributed by atoms with van der Waals surface area (Å²) in [5, 5.41) is 9.53. The maximum Gasteiger partial charge on any atom is 0.122 e. The summed E-state index contributed by atoms with van der Waals surface area (Å²) in [6, 6.07) is 20.6. The zero-order chi connectivity index (χ0) is 15.8. The largest absolute Gasteiger partial charge is 0.493 e. The van der Waals surface area contributed by atoms with Gasteiger partial charge in [-0.2, -0.15) is 5.26 Å². The summed E-state index contributed by atoms with van der Waals surface area (Å²) in [7, 11) is 0. The van der Waals surface area contributed by atoms with Crippen LogP contribution < -0.4 is 4.74 Å². The molecule has 0 aliphatic heterocycles. The highest BCUT2D eigenvalue weighted by Gasteiger charge is 2.25. The fourth-order valence-corrected chi connectivity index (χ4v) is 2.55. The quantitative estimate of drug-likeness (QED) is 0.671. The number of rotatable bonds is 7. The van der Waals surface area contributed by atoms with Crippen molar-refractivity contribution < 1.29 is 4.74 Å². The van der Waals surface area contributed by atoms with E-state index < -0.39 is 5.41 Å². The van der Waals surface area contributed by atoms with Gasteiger partial charge in [0.25, 0.3) is 0 Å². The summed E-state index contributed by atoms with van der Waals surface area (Å²) in [5.74, 6) is 0.952. The molecule has 0 saturated heterocycles. The Bertz CT molecular complexity index is 630. The van der Waals surface area contributed by atoms with Crippen LogP contribution in [0.5, 0.6) is 5.75 Å². The Morgan fingerprint density at radius 2 is 1.68 bits per heavy atom. The lowest BCUT2D eigenvalue weighted by Gasteiger charge is -2.22. The molecule has 0 fully saturated rings. The standard InChI is InChI=1S/C20H23NO/c1-17-10-6-7-13-19(17)22-15-9-8-14-20(2,16-21)18-11-4-3-5-12-18/h3-7,10-13H,8-9,14-15H2,1-2H3. The predicted molar refractivity (Wildman–Crippen MR) is 89.9 cm³/mol. The van der Waals surface area contributed by atoms with Crippen molar-refractivity contribution in [2.24, 2.45) is 0 Å². The number of aryl methyl sites for hydroxylation is 1. The van der Waals surface area contributed by atoms with Crippen molar-refractivity contribution in [2.75, 3.05) is 6.61 Å². The molecule has 0 bridgehead atoms. The number of para-hydroxylation sites is 1. The molecular formula is C20H23NO. The lowest BCUT2D eigenvalue weighted by Crippen LogP contribution is -2.19. The van der Waals surface area contributed by atoms with Gasteiger partial charge in [0, 0.05) is 0 Å². The molecule has 114 valence electrons. The zero-order valence-electron chi connectivity index (χ0n) is 13.4. The minimum Gasteiger partial charge on any atom is -0.493 e. The van der Waals surface area contributed by atoms with Crippen LogP contribution in [0.15, 0.2) is 54.6 Å². The number of hydrogen-bond acceptors (Lipinski definition) is 2. The number of benzene rings is 2. The average molecular weight is 293 g/mol. The third-order valence-electron chi connectivity index (χ3n) is 4.08. The van der Waals surface area contributed by atoms with E-state index >= 15 is 0 Å². The highest BCUT2D eigenvalue weighted by Crippen LogP contribution is 2.28. The van der Waals surface area contributed by atoms with Crippen LogP contribution in [0.4, 0.5) is 0 Å². The van der Waals surface area contributed by atoms with Crippen LogP contribution in [0.3, 0.4) is 0 Å². The van der Waals surface area contributed by atoms with Crippen LogP contribution in [0.1, 0.15) is 37.3 Å². The van der Waals surface area contributed by atoms with Crippen LogP contribution in [0, 0.1) is 18.3 Å². The number of nitriles is 1. The molecule has 0 radical (unpaired) electrons. The second-order valence-electron chi connectivity index (χ2n) is 5.88. The summed E-state index contributed by atoms with van der Waals surface area (Å²) in [6.07, 6.45) is 2.79. The van der Waals surface area contributed by atoms with Gasteiger partial charge in [0.2, 0.25) is 0 Å². The van der Waals surface area contributed by atoms with Crippen LogP contribution >= 0.6 is 0 Å². The molecule has 0 aromatic heterocycles. The van der Waals surface area contributed by atoms with Crippen molar-refractivity contribution in [2.45, 2.75) is 38.5 Å². The van der Waals surface area contributed by atoms with Crippen molar-refractivity contribution in [3.05, 3.63) is 65.7 Å². The number of unbranched alkanes of at least 4 members (excludes halogenated alkanes) is 1. The first kappa shape index (κ1) is 16.1. The van der Waals surface area contributed by atoms with Gasteiger partial charge in [-0.1, -0.05) is 48.5 Å². The molecule has 0 spiro atoms. The normalized spacial score (nSPS) is 13.1. The second kappa shape index (κ2) is 7.66. The minimum atomic E-state index is -0.413. The molecule has 2 rings (SSSR count). The number of nitrogens with zero attached hydrogens (tertiary/aromatic N) is 1. The third kappa shape index (κ3) is 4.11. The topological polar surface area (TPSA) is 33.0 Å². The average Bonchev–Trinajstić information content (AvgIpc) is 2.57. The fraction of sp³-hybridized carbons (Fsp3) is 0.350. The molecule has 2 heteroatoms. The molecule has 2 nitrogen and oxygen atoms in total. The smallest absolute Gasteiger partial charge is 0.122 e. The van der Waals surface area contributed by atoms with Gasteiger partial charge in [0.1, 0.15) is 5.75 Å². The van der Waals surface area contributed by atoms with Gasteiger partial charge >= 0.3 is 0 Å². The first-order valence-electron chi connectivity index (χ1n) is 7.81. The molecule has 0 saturated carbocycles. The Morgan fingerprint density at radius 3 is 2.36 bits per heavy atom. The van der Waals surface area contributed by atoms with Crippen molar-refractivity contribution in [3.8, 4) is 11.8 Å². The Hall–Kier alpha value is -2.27. The Balaban J connectivity index is 1.81. The lowest BCUT2D eigenvalue weighted by atomic mass is 9.80. The maximum atomic E-state index is 9.53. The van der Waals surface area contributed by atoms with Crippen molar-refractivity contribution in [1.82, 2.24) is 0 Å². The summed E-state index contributed by atoms with van der Waals surface area (Å²) >= 11 is 0. The molecule has 0 heterocycles. The molecule has 0 amide bonds. The molecule has 1 unspecified atom stereocenters. The summed E-state index contributed by atoms with van der Waals surface area (Å²) < 4.78 is 5.81. The number of ether oxygens (including phenoxy) is 1. The van der Waals surface area contributed by atoms with E-state index in [0.29, 0.717) is 6.61 Å². The molecule has 0 N–H and O–H groups in total. The van der Waals surface area contributed by atoms with E-state index in [1.165, 1.54) is 0 Å². The van der Waals surface area contributed by atoms with Crippen LogP contribution in [0.2, 0.25) is 0 Å². The van der Waals surface area contributed by atoms with Crippen LogP contribution in [0.25, 0.3) is 0 Å². The summed E-state index contributed by atoms with van der Waals surface area (Å²) in [5.41, 5.74) is 1.84. The van der Waals surface area contributed by atoms with E-state index in [9.17, 15) is 5.26 Å². The van der Waals surface area contributed by atoms with Gasteiger partial charge in [-0.05, 0) is 50.3 Å². The van der Waals surface area contributed by atoms with Gasteiger partial charge in [-0.25, -0.2) is 0 Å². The molecule has 2 aromatic rings. The molecule has 1 atom stereocenters. The Morgan fingerprint density at radius 1 is 1.00 bits per heavy atom. The fourth-order valence-electron chi connectivity index (χ4n) is 2.55. The Kier molecular flexibility index (Phi) is 5.61. The SMILES string of the molecule is Cc1ccccc1OCCCCC(C)(C#N)c1ccccc1. The van der Waals surface area contributed by atoms with Crippen molar-refractivity contribution in [1.29, 1.82) is 5.26 Å². The van der Waals surface area contributed by atoms with Gasteiger partial charge in [-0.3, -0.25) is 0 Å². The first-order valence-corrected chi connectivity index (χ1v) is 7.81. The van der Waals surface area contributed by atoms with E-state index in [1.54, 1.807) is 0 Å². The molecule has 0 aliphatic carbocycles. The monoisotopic (exact) mass is 293 g/mol. The van der Waals surface area contributed by atoms with Gasteiger partial charge in [-0.15, -0.1) is 0 Å². The van der Waals surface area contributed by atoms with E-state index in [2.05, 4.69) is 19.1 Å². The van der Waals surface area contributed by atoms with Crippen LogP contribution in [-0.4, -0.2) is 6.61 Å². The van der Waals surface area contributed by atoms with E-state index in [-0.39, 0.29) is 0 Å². The van der Waals surface area contributed by atoms with E-state index in [1.807, 2.05) is 55.5 Å². The molecule has 22 heavy (non-hydrogen) atoms. The highest BCUT2D eigenvalue weighted by molar-refractivity contribution is 5.32. The summed E-state index contributed by atoms with van der Waals surface area (Å²) in [4.78, 5) is 0. The second-order valence-corrected chi connectivity index (χ2v) is 5.88. The first-order chi connectivity index (χ1) is 10.7.